The molecule has 0 heterocycles. The van der Waals surface area contributed by atoms with Crippen molar-refractivity contribution in [3.63, 3.8) is 0 Å². The first-order valence-corrected chi connectivity index (χ1v) is 3.72. The lowest BCUT2D eigenvalue weighted by atomic mass is 10.1. The number of halogens is 2. The van der Waals surface area contributed by atoms with Crippen molar-refractivity contribution in [3.05, 3.63) is 48.0 Å². The van der Waals surface area contributed by atoms with E-state index in [1.807, 2.05) is 6.07 Å². The van der Waals surface area contributed by atoms with E-state index in [1.165, 1.54) is 12.1 Å². The van der Waals surface area contributed by atoms with Crippen LogP contribution >= 0.6 is 0 Å². The third-order valence-electron chi connectivity index (χ3n) is 1.58. The summed E-state index contributed by atoms with van der Waals surface area (Å²) in [6, 6.07) is 6.39. The van der Waals surface area contributed by atoms with Crippen LogP contribution in [0.3, 0.4) is 0 Å². The number of benzene rings is 1. The van der Waals surface area contributed by atoms with Crippen molar-refractivity contribution in [3.8, 4) is 0 Å². The lowest BCUT2D eigenvalue weighted by Gasteiger charge is -2.01. The molecule has 64 valence electrons. The molecule has 0 spiro atoms. The summed E-state index contributed by atoms with van der Waals surface area (Å²) in [5, 5.41) is 0. The predicted molar refractivity (Wildman–Crippen MR) is 45.3 cm³/mol. The van der Waals surface area contributed by atoms with Crippen molar-refractivity contribution in [1.29, 1.82) is 0 Å². The Bertz CT molecular complexity index is 266. The fourth-order valence-electron chi connectivity index (χ4n) is 1.02. The number of allylic oxidation sites excluding steroid dienone is 1. The monoisotopic (exact) mass is 168 g/mol. The van der Waals surface area contributed by atoms with Crippen LogP contribution in [0.15, 0.2) is 36.9 Å². The molecule has 0 saturated heterocycles. The molecule has 0 aliphatic rings. The normalized spacial score (nSPS) is 10.2. The van der Waals surface area contributed by atoms with E-state index in [0.717, 1.165) is 5.56 Å². The second kappa shape index (κ2) is 4.00. The molecule has 1 aromatic rings. The van der Waals surface area contributed by atoms with Gasteiger partial charge in [0.15, 0.2) is 0 Å². The summed E-state index contributed by atoms with van der Waals surface area (Å²) in [5.41, 5.74) is 0.956. The van der Waals surface area contributed by atoms with E-state index in [0.29, 0.717) is 6.42 Å². The minimum absolute atomic E-state index is 0.0781. The van der Waals surface area contributed by atoms with Gasteiger partial charge in [-0.15, -0.1) is 6.58 Å². The topological polar surface area (TPSA) is 0 Å². The Labute approximate surface area is 70.5 Å². The molecule has 0 N–H and O–H groups in total. The van der Waals surface area contributed by atoms with Gasteiger partial charge in [-0.05, 0) is 18.1 Å². The second-order valence-corrected chi connectivity index (χ2v) is 2.54. The predicted octanol–water partition coefficient (Wildman–Crippen LogP) is 3.35. The first kappa shape index (κ1) is 8.91. The summed E-state index contributed by atoms with van der Waals surface area (Å²) in [6.07, 6.45) is -0.0414. The number of rotatable bonds is 3. The Morgan fingerprint density at radius 3 is 2.75 bits per heavy atom. The van der Waals surface area contributed by atoms with Crippen molar-refractivity contribution in [2.45, 2.75) is 12.8 Å². The van der Waals surface area contributed by atoms with Crippen molar-refractivity contribution in [2.24, 2.45) is 0 Å². The largest absolute Gasteiger partial charge is 0.263 e. The minimum Gasteiger partial charge on any atom is -0.205 e. The van der Waals surface area contributed by atoms with Crippen LogP contribution in [0.25, 0.3) is 0 Å². The van der Waals surface area contributed by atoms with Crippen LogP contribution in [-0.2, 0) is 6.42 Å². The van der Waals surface area contributed by atoms with Crippen molar-refractivity contribution < 1.29 is 8.78 Å². The molecule has 1 aromatic carbocycles. The van der Waals surface area contributed by atoms with Crippen LogP contribution in [-0.4, -0.2) is 0 Å². The van der Waals surface area contributed by atoms with Gasteiger partial charge in [-0.2, -0.15) is 0 Å². The van der Waals surface area contributed by atoms with Crippen LogP contribution in [0.1, 0.15) is 17.6 Å². The number of hydrogen-bond donors (Lipinski definition) is 0. The summed E-state index contributed by atoms with van der Waals surface area (Å²) < 4.78 is 24.3. The molecule has 0 aliphatic carbocycles. The highest BCUT2D eigenvalue weighted by Gasteiger charge is 2.05. The lowest BCUT2D eigenvalue weighted by molar-refractivity contribution is 0.151. The SMILES string of the molecule is C=CCc1cccc(C(F)F)c1. The molecule has 2 heteroatoms. The molecule has 0 amide bonds. The smallest absolute Gasteiger partial charge is 0.205 e. The quantitative estimate of drug-likeness (QED) is 0.607. The molecule has 12 heavy (non-hydrogen) atoms. The van der Waals surface area contributed by atoms with E-state index >= 15 is 0 Å². The maximum absolute atomic E-state index is 12.2. The second-order valence-electron chi connectivity index (χ2n) is 2.54. The molecular weight excluding hydrogens is 158 g/mol. The van der Waals surface area contributed by atoms with E-state index in [9.17, 15) is 8.78 Å². The van der Waals surface area contributed by atoms with E-state index in [1.54, 1.807) is 12.1 Å². The average molecular weight is 168 g/mol. The van der Waals surface area contributed by atoms with Crippen LogP contribution in [0, 0.1) is 0 Å². The Balaban J connectivity index is 2.87. The molecule has 1 rings (SSSR count). The Kier molecular flexibility index (Phi) is 2.97. The Morgan fingerprint density at radius 2 is 2.17 bits per heavy atom. The van der Waals surface area contributed by atoms with Gasteiger partial charge in [0, 0.05) is 5.56 Å². The van der Waals surface area contributed by atoms with Crippen molar-refractivity contribution in [1.82, 2.24) is 0 Å². The highest BCUT2D eigenvalue weighted by Crippen LogP contribution is 2.19. The van der Waals surface area contributed by atoms with Crippen LogP contribution in [0.4, 0.5) is 8.78 Å². The third-order valence-corrected chi connectivity index (χ3v) is 1.58. The molecule has 0 aromatic heterocycles. The number of alkyl halides is 2. The van der Waals surface area contributed by atoms with Gasteiger partial charge in [-0.3, -0.25) is 0 Å². The van der Waals surface area contributed by atoms with Gasteiger partial charge in [0.25, 0.3) is 6.43 Å². The molecule has 0 fully saturated rings. The molecule has 0 saturated carbocycles. The van der Waals surface area contributed by atoms with E-state index in [4.69, 9.17) is 0 Å². The summed E-state index contributed by atoms with van der Waals surface area (Å²) in [6.45, 7) is 3.54. The van der Waals surface area contributed by atoms with Crippen LogP contribution in [0.2, 0.25) is 0 Å². The molecule has 0 bridgehead atoms. The average Bonchev–Trinajstić information content (AvgIpc) is 2.05. The summed E-state index contributed by atoms with van der Waals surface area (Å²) in [5.74, 6) is 0. The fourth-order valence-corrected chi connectivity index (χ4v) is 1.02. The van der Waals surface area contributed by atoms with Gasteiger partial charge in [0.1, 0.15) is 0 Å². The Hall–Kier alpha value is -1.18. The highest BCUT2D eigenvalue weighted by molar-refractivity contribution is 5.25. The zero-order valence-corrected chi connectivity index (χ0v) is 6.63. The first-order valence-electron chi connectivity index (χ1n) is 3.72. The standard InChI is InChI=1S/C10H10F2/c1-2-4-8-5-3-6-9(7-8)10(11)12/h2-3,5-7,10H,1,4H2. The molecule has 0 atom stereocenters. The summed E-state index contributed by atoms with van der Waals surface area (Å²) >= 11 is 0. The van der Waals surface area contributed by atoms with Gasteiger partial charge >= 0.3 is 0 Å². The van der Waals surface area contributed by atoms with Gasteiger partial charge in [-0.1, -0.05) is 24.3 Å². The molecule has 0 unspecified atom stereocenters. The summed E-state index contributed by atoms with van der Waals surface area (Å²) in [4.78, 5) is 0. The summed E-state index contributed by atoms with van der Waals surface area (Å²) in [7, 11) is 0. The minimum atomic E-state index is -2.38. The Morgan fingerprint density at radius 1 is 1.42 bits per heavy atom. The van der Waals surface area contributed by atoms with E-state index in [2.05, 4.69) is 6.58 Å². The van der Waals surface area contributed by atoms with E-state index in [-0.39, 0.29) is 5.56 Å². The first-order chi connectivity index (χ1) is 5.74. The van der Waals surface area contributed by atoms with Gasteiger partial charge in [0.05, 0.1) is 0 Å². The van der Waals surface area contributed by atoms with E-state index < -0.39 is 6.43 Å². The molecular formula is C10H10F2. The maximum atomic E-state index is 12.2. The van der Waals surface area contributed by atoms with Crippen LogP contribution in [0.5, 0.6) is 0 Å². The van der Waals surface area contributed by atoms with Crippen molar-refractivity contribution >= 4 is 0 Å². The maximum Gasteiger partial charge on any atom is 0.263 e. The lowest BCUT2D eigenvalue weighted by Crippen LogP contribution is -1.86. The third kappa shape index (κ3) is 2.16. The zero-order chi connectivity index (χ0) is 8.97. The molecule has 0 radical (unpaired) electrons. The van der Waals surface area contributed by atoms with Gasteiger partial charge in [-0.25, -0.2) is 8.78 Å². The number of hydrogen-bond acceptors (Lipinski definition) is 0. The van der Waals surface area contributed by atoms with Crippen LogP contribution < -0.4 is 0 Å². The van der Waals surface area contributed by atoms with Crippen molar-refractivity contribution in [2.75, 3.05) is 0 Å². The van der Waals surface area contributed by atoms with Gasteiger partial charge in [0.2, 0.25) is 0 Å². The van der Waals surface area contributed by atoms with Gasteiger partial charge < -0.3 is 0 Å². The molecule has 0 aliphatic heterocycles. The highest BCUT2D eigenvalue weighted by atomic mass is 19.3. The molecule has 0 nitrogen and oxygen atoms in total. The fraction of sp³-hybridized carbons (Fsp3) is 0.200. The zero-order valence-electron chi connectivity index (χ0n) is 6.63.